The van der Waals surface area contributed by atoms with Gasteiger partial charge in [0.05, 0.1) is 0 Å². The summed E-state index contributed by atoms with van der Waals surface area (Å²) in [6.45, 7) is 5.33. The van der Waals surface area contributed by atoms with Crippen LogP contribution in [0.3, 0.4) is 0 Å². The molecule has 6 nitrogen and oxygen atoms in total. The second-order valence-corrected chi connectivity index (χ2v) is 9.04. The number of nitrogens with zero attached hydrogens (tertiary/aromatic N) is 4. The molecule has 2 aliphatic rings. The molecule has 1 fully saturated rings. The highest BCUT2D eigenvalue weighted by molar-refractivity contribution is 8.00. The molecule has 0 radical (unpaired) electrons. The molecule has 1 atom stereocenters. The molecule has 0 aromatic carbocycles. The molecule has 7 heteroatoms. The van der Waals surface area contributed by atoms with Gasteiger partial charge >= 0.3 is 0 Å². The lowest BCUT2D eigenvalue weighted by Gasteiger charge is -2.24. The maximum Gasteiger partial charge on any atom is 0.191 e. The topological polar surface area (TPSA) is 67.1 Å². The van der Waals surface area contributed by atoms with Gasteiger partial charge in [0.15, 0.2) is 5.96 Å². The first-order valence-electron chi connectivity index (χ1n) is 9.70. The average molecular weight is 365 g/mol. The normalized spacial score (nSPS) is 24.0. The fourth-order valence-electron chi connectivity index (χ4n) is 3.65. The van der Waals surface area contributed by atoms with Crippen molar-refractivity contribution in [2.75, 3.05) is 25.9 Å². The molecular weight excluding hydrogens is 332 g/mol. The summed E-state index contributed by atoms with van der Waals surface area (Å²) in [5, 5.41) is 15.7. The standard InChI is InChI=1S/C18H32N6S/c1-18(10-7-13-25-18)14-21-17(19-2)20-11-6-9-16-23-22-15-8-4-3-5-12-24(15)16/h3-14H2,1-2H3,(H2,19,20,21). The number of aryl methyl sites for hydroxylation is 2. The number of guanidine groups is 1. The predicted octanol–water partition coefficient (Wildman–Crippen LogP) is 2.39. The Morgan fingerprint density at radius 2 is 2.16 bits per heavy atom. The van der Waals surface area contributed by atoms with Crippen LogP contribution in [0.25, 0.3) is 0 Å². The lowest BCUT2D eigenvalue weighted by atomic mass is 10.1. The maximum absolute atomic E-state index is 4.41. The first-order chi connectivity index (χ1) is 12.2. The number of fused-ring (bicyclic) bond motifs is 1. The van der Waals surface area contributed by atoms with Crippen molar-refractivity contribution < 1.29 is 0 Å². The van der Waals surface area contributed by atoms with Crippen molar-refractivity contribution in [3.63, 3.8) is 0 Å². The van der Waals surface area contributed by atoms with Crippen LogP contribution in [0.15, 0.2) is 4.99 Å². The van der Waals surface area contributed by atoms with Crippen LogP contribution < -0.4 is 10.6 Å². The van der Waals surface area contributed by atoms with Gasteiger partial charge in [-0.1, -0.05) is 6.42 Å². The van der Waals surface area contributed by atoms with E-state index in [9.17, 15) is 0 Å². The zero-order valence-electron chi connectivity index (χ0n) is 15.7. The van der Waals surface area contributed by atoms with E-state index in [1.54, 1.807) is 0 Å². The molecule has 0 spiro atoms. The van der Waals surface area contributed by atoms with Crippen LogP contribution in [0.1, 0.15) is 57.1 Å². The molecule has 1 aromatic heterocycles. The van der Waals surface area contributed by atoms with Crippen molar-refractivity contribution in [3.8, 4) is 0 Å². The third kappa shape index (κ3) is 5.12. The number of rotatable bonds is 6. The molecule has 1 aromatic rings. The van der Waals surface area contributed by atoms with Gasteiger partial charge in [-0.15, -0.1) is 10.2 Å². The summed E-state index contributed by atoms with van der Waals surface area (Å²) >= 11 is 2.08. The Morgan fingerprint density at radius 3 is 2.96 bits per heavy atom. The van der Waals surface area contributed by atoms with Crippen LogP contribution in [0.4, 0.5) is 0 Å². The first-order valence-corrected chi connectivity index (χ1v) is 10.7. The second-order valence-electron chi connectivity index (χ2n) is 7.35. The largest absolute Gasteiger partial charge is 0.356 e. The van der Waals surface area contributed by atoms with Gasteiger partial charge in [-0.2, -0.15) is 11.8 Å². The van der Waals surface area contributed by atoms with Crippen LogP contribution in [0.5, 0.6) is 0 Å². The Hall–Kier alpha value is -1.24. The Balaban J connectivity index is 1.39. The highest BCUT2D eigenvalue weighted by Gasteiger charge is 2.29. The second kappa shape index (κ2) is 8.92. The van der Waals surface area contributed by atoms with Gasteiger partial charge in [0.1, 0.15) is 11.6 Å². The Kier molecular flexibility index (Phi) is 6.62. The monoisotopic (exact) mass is 364 g/mol. The lowest BCUT2D eigenvalue weighted by Crippen LogP contribution is -2.43. The molecule has 0 aliphatic carbocycles. The van der Waals surface area contributed by atoms with Crippen molar-refractivity contribution in [1.82, 2.24) is 25.4 Å². The fraction of sp³-hybridized carbons (Fsp3) is 0.833. The van der Waals surface area contributed by atoms with E-state index in [0.29, 0.717) is 4.75 Å². The molecule has 2 aliphatic heterocycles. The first kappa shape index (κ1) is 18.5. The number of thioether (sulfide) groups is 1. The number of aromatic nitrogens is 3. The minimum atomic E-state index is 0.358. The summed E-state index contributed by atoms with van der Waals surface area (Å²) in [5.41, 5.74) is 0. The van der Waals surface area contributed by atoms with E-state index in [2.05, 4.69) is 49.1 Å². The van der Waals surface area contributed by atoms with Crippen molar-refractivity contribution in [3.05, 3.63) is 11.6 Å². The minimum Gasteiger partial charge on any atom is -0.356 e. The minimum absolute atomic E-state index is 0.358. The van der Waals surface area contributed by atoms with Crippen molar-refractivity contribution in [1.29, 1.82) is 0 Å². The molecule has 1 saturated heterocycles. The number of nitrogens with one attached hydrogen (secondary N) is 2. The summed E-state index contributed by atoms with van der Waals surface area (Å²) < 4.78 is 2.70. The van der Waals surface area contributed by atoms with E-state index >= 15 is 0 Å². The number of hydrogen-bond acceptors (Lipinski definition) is 4. The Morgan fingerprint density at radius 1 is 1.24 bits per heavy atom. The number of aliphatic imine (C=N–C) groups is 1. The van der Waals surface area contributed by atoms with Crippen molar-refractivity contribution in [2.24, 2.45) is 4.99 Å². The highest BCUT2D eigenvalue weighted by Crippen LogP contribution is 2.36. The van der Waals surface area contributed by atoms with Gasteiger partial charge in [0.25, 0.3) is 0 Å². The zero-order valence-corrected chi connectivity index (χ0v) is 16.5. The maximum atomic E-state index is 4.41. The highest BCUT2D eigenvalue weighted by atomic mass is 32.2. The van der Waals surface area contributed by atoms with Crippen molar-refractivity contribution in [2.45, 2.75) is 69.6 Å². The van der Waals surface area contributed by atoms with Gasteiger partial charge in [0, 0.05) is 44.3 Å². The Bertz CT molecular complexity index is 576. The molecule has 140 valence electrons. The summed E-state index contributed by atoms with van der Waals surface area (Å²) in [6.07, 6.45) is 9.54. The molecule has 3 heterocycles. The Labute approximate surface area is 155 Å². The predicted molar refractivity (Wildman–Crippen MR) is 105 cm³/mol. The molecule has 25 heavy (non-hydrogen) atoms. The smallest absolute Gasteiger partial charge is 0.191 e. The van der Waals surface area contributed by atoms with Gasteiger partial charge in [-0.25, -0.2) is 0 Å². The molecular formula is C18H32N6S. The molecule has 1 unspecified atom stereocenters. The van der Waals surface area contributed by atoms with E-state index in [1.165, 1.54) is 43.7 Å². The van der Waals surface area contributed by atoms with Crippen LogP contribution in [-0.4, -0.2) is 51.4 Å². The van der Waals surface area contributed by atoms with Crippen LogP contribution in [0, 0.1) is 0 Å². The van der Waals surface area contributed by atoms with Gasteiger partial charge in [0.2, 0.25) is 0 Å². The molecule has 0 saturated carbocycles. The molecule has 2 N–H and O–H groups in total. The van der Waals surface area contributed by atoms with Crippen LogP contribution in [-0.2, 0) is 19.4 Å². The third-order valence-corrected chi connectivity index (χ3v) is 6.75. The molecule has 0 amide bonds. The number of hydrogen-bond donors (Lipinski definition) is 2. The van der Waals surface area contributed by atoms with E-state index in [-0.39, 0.29) is 0 Å². The van der Waals surface area contributed by atoms with E-state index in [0.717, 1.165) is 50.7 Å². The van der Waals surface area contributed by atoms with E-state index in [4.69, 9.17) is 0 Å². The van der Waals surface area contributed by atoms with E-state index in [1.807, 2.05) is 7.05 Å². The SMILES string of the molecule is CN=C(NCCCc1nnc2n1CCCCC2)NCC1(C)CCCS1. The summed E-state index contributed by atoms with van der Waals surface area (Å²) in [4.78, 5) is 4.35. The average Bonchev–Trinajstić information content (AvgIpc) is 3.14. The quantitative estimate of drug-likeness (QED) is 0.461. The summed E-state index contributed by atoms with van der Waals surface area (Å²) in [7, 11) is 1.85. The van der Waals surface area contributed by atoms with Gasteiger partial charge in [-0.3, -0.25) is 4.99 Å². The van der Waals surface area contributed by atoms with Gasteiger partial charge < -0.3 is 15.2 Å². The summed E-state index contributed by atoms with van der Waals surface area (Å²) in [5.74, 6) is 4.53. The zero-order chi connectivity index (χ0) is 17.5. The molecule has 0 bridgehead atoms. The van der Waals surface area contributed by atoms with E-state index < -0.39 is 0 Å². The van der Waals surface area contributed by atoms with Crippen molar-refractivity contribution >= 4 is 17.7 Å². The fourth-order valence-corrected chi connectivity index (χ4v) is 4.90. The van der Waals surface area contributed by atoms with Crippen LogP contribution >= 0.6 is 11.8 Å². The van der Waals surface area contributed by atoms with Gasteiger partial charge in [-0.05, 0) is 44.8 Å². The summed E-state index contributed by atoms with van der Waals surface area (Å²) in [6, 6.07) is 0. The van der Waals surface area contributed by atoms with Crippen LogP contribution in [0.2, 0.25) is 0 Å². The lowest BCUT2D eigenvalue weighted by molar-refractivity contribution is 0.579. The molecule has 3 rings (SSSR count). The third-order valence-electron chi connectivity index (χ3n) is 5.21.